The van der Waals surface area contributed by atoms with Gasteiger partial charge in [0.25, 0.3) is 0 Å². The fourth-order valence-corrected chi connectivity index (χ4v) is 1.80. The van der Waals surface area contributed by atoms with E-state index < -0.39 is 11.9 Å². The van der Waals surface area contributed by atoms with Crippen molar-refractivity contribution in [1.82, 2.24) is 0 Å². The molecular weight excluding hydrogens is 260 g/mol. The molecule has 0 aliphatic carbocycles. The highest BCUT2D eigenvalue weighted by molar-refractivity contribution is 5.76. The third kappa shape index (κ3) is 3.20. The molecule has 20 heavy (non-hydrogen) atoms. The molecule has 0 saturated carbocycles. The summed E-state index contributed by atoms with van der Waals surface area (Å²) in [5.41, 5.74) is 0.438. The van der Waals surface area contributed by atoms with Crippen LogP contribution in [0.1, 0.15) is 11.5 Å². The quantitative estimate of drug-likeness (QED) is 0.779. The van der Waals surface area contributed by atoms with Gasteiger partial charge in [-0.25, -0.2) is 0 Å². The molecule has 2 aromatic rings. The van der Waals surface area contributed by atoms with Crippen molar-refractivity contribution in [2.45, 2.75) is 5.92 Å². The van der Waals surface area contributed by atoms with Crippen molar-refractivity contribution in [1.29, 1.82) is 0 Å². The zero-order chi connectivity index (χ0) is 14.5. The van der Waals surface area contributed by atoms with Gasteiger partial charge in [-0.3, -0.25) is 4.79 Å². The molecule has 5 heteroatoms. The van der Waals surface area contributed by atoms with Crippen LogP contribution in [0.3, 0.4) is 0 Å². The molecule has 0 aromatic heterocycles. The first-order chi connectivity index (χ1) is 9.58. The van der Waals surface area contributed by atoms with Gasteiger partial charge in [-0.05, 0) is 29.8 Å². The van der Waals surface area contributed by atoms with E-state index in [9.17, 15) is 20.1 Å². The normalized spacial score (nSPS) is 11.8. The van der Waals surface area contributed by atoms with E-state index in [0.717, 1.165) is 0 Å². The molecule has 0 radical (unpaired) electrons. The average molecular weight is 274 g/mol. The molecule has 2 rings (SSSR count). The van der Waals surface area contributed by atoms with E-state index in [-0.39, 0.29) is 23.9 Å². The minimum absolute atomic E-state index is 0.00342. The van der Waals surface area contributed by atoms with Gasteiger partial charge >= 0.3 is 5.97 Å². The Kier molecular flexibility index (Phi) is 4.10. The number of ether oxygens (including phenoxy) is 1. The number of aromatic hydroxyl groups is 2. The summed E-state index contributed by atoms with van der Waals surface area (Å²) in [5, 5.41) is 28.2. The van der Waals surface area contributed by atoms with E-state index in [1.54, 1.807) is 30.3 Å². The first-order valence-corrected chi connectivity index (χ1v) is 6.00. The van der Waals surface area contributed by atoms with Gasteiger partial charge in [-0.1, -0.05) is 24.3 Å². The third-order valence-corrected chi connectivity index (χ3v) is 2.84. The van der Waals surface area contributed by atoms with E-state index in [2.05, 4.69) is 0 Å². The minimum atomic E-state index is -1.06. The first-order valence-electron chi connectivity index (χ1n) is 6.00. The van der Waals surface area contributed by atoms with Crippen LogP contribution in [-0.4, -0.2) is 27.9 Å². The number of aliphatic carboxylic acids is 1. The molecule has 0 spiro atoms. The number of rotatable bonds is 5. The molecule has 0 aliphatic rings. The SMILES string of the molecule is O=C(O)C(COc1ccccc1O)c1cccc(O)c1. The van der Waals surface area contributed by atoms with E-state index in [1.807, 2.05) is 0 Å². The highest BCUT2D eigenvalue weighted by Gasteiger charge is 2.21. The van der Waals surface area contributed by atoms with Crippen LogP contribution < -0.4 is 4.74 Å². The molecular formula is C15H14O5. The predicted molar refractivity (Wildman–Crippen MR) is 72.1 cm³/mol. The van der Waals surface area contributed by atoms with Crippen LogP contribution in [0, 0.1) is 0 Å². The number of hydrogen-bond donors (Lipinski definition) is 3. The van der Waals surface area contributed by atoms with Gasteiger partial charge < -0.3 is 20.1 Å². The van der Waals surface area contributed by atoms with E-state index in [4.69, 9.17) is 4.74 Å². The maximum absolute atomic E-state index is 11.3. The zero-order valence-electron chi connectivity index (χ0n) is 10.6. The Bertz CT molecular complexity index is 609. The second kappa shape index (κ2) is 5.97. The lowest BCUT2D eigenvalue weighted by Crippen LogP contribution is -2.19. The molecule has 0 saturated heterocycles. The van der Waals surface area contributed by atoms with Gasteiger partial charge in [0.05, 0.1) is 0 Å². The fraction of sp³-hybridized carbons (Fsp3) is 0.133. The van der Waals surface area contributed by atoms with Gasteiger partial charge in [0.15, 0.2) is 11.5 Å². The van der Waals surface area contributed by atoms with Crippen molar-refractivity contribution in [2.75, 3.05) is 6.61 Å². The number of hydrogen-bond acceptors (Lipinski definition) is 4. The van der Waals surface area contributed by atoms with Crippen molar-refractivity contribution in [2.24, 2.45) is 0 Å². The Hall–Kier alpha value is -2.69. The molecule has 0 heterocycles. The Labute approximate surface area is 115 Å². The minimum Gasteiger partial charge on any atom is -0.508 e. The van der Waals surface area contributed by atoms with Gasteiger partial charge in [0.2, 0.25) is 0 Å². The Morgan fingerprint density at radius 1 is 1.10 bits per heavy atom. The summed E-state index contributed by atoms with van der Waals surface area (Å²) in [6, 6.07) is 12.4. The summed E-state index contributed by atoms with van der Waals surface area (Å²) in [6.45, 7) is -0.143. The summed E-state index contributed by atoms with van der Waals surface area (Å²) >= 11 is 0. The van der Waals surface area contributed by atoms with E-state index >= 15 is 0 Å². The summed E-state index contributed by atoms with van der Waals surface area (Å²) in [4.78, 5) is 11.3. The summed E-state index contributed by atoms with van der Waals surface area (Å²) in [5.74, 6) is -1.82. The number of phenolic OH excluding ortho intramolecular Hbond substituents is 2. The van der Waals surface area contributed by atoms with Crippen LogP contribution in [0.25, 0.3) is 0 Å². The van der Waals surface area contributed by atoms with Crippen molar-refractivity contribution in [3.63, 3.8) is 0 Å². The van der Waals surface area contributed by atoms with Crippen molar-refractivity contribution >= 4 is 5.97 Å². The van der Waals surface area contributed by atoms with E-state index in [1.165, 1.54) is 18.2 Å². The van der Waals surface area contributed by atoms with Crippen LogP contribution in [-0.2, 0) is 4.79 Å². The maximum atomic E-state index is 11.3. The molecule has 0 amide bonds. The molecule has 2 aromatic carbocycles. The largest absolute Gasteiger partial charge is 0.508 e. The molecule has 5 nitrogen and oxygen atoms in total. The molecule has 1 atom stereocenters. The standard InChI is InChI=1S/C15H14O5/c16-11-5-3-4-10(8-11)12(15(18)19)9-20-14-7-2-1-6-13(14)17/h1-8,12,16-17H,9H2,(H,18,19). The second-order valence-electron chi connectivity index (χ2n) is 4.26. The highest BCUT2D eigenvalue weighted by atomic mass is 16.5. The molecule has 0 bridgehead atoms. The number of para-hydroxylation sites is 2. The van der Waals surface area contributed by atoms with Gasteiger partial charge in [0.1, 0.15) is 18.3 Å². The van der Waals surface area contributed by atoms with Gasteiger partial charge in [0, 0.05) is 0 Å². The number of carbonyl (C=O) groups is 1. The number of phenols is 2. The predicted octanol–water partition coefficient (Wildman–Crippen LogP) is 2.35. The Morgan fingerprint density at radius 3 is 2.50 bits per heavy atom. The smallest absolute Gasteiger partial charge is 0.314 e. The van der Waals surface area contributed by atoms with Crippen LogP contribution in [0.4, 0.5) is 0 Å². The van der Waals surface area contributed by atoms with Crippen LogP contribution in [0.15, 0.2) is 48.5 Å². The third-order valence-electron chi connectivity index (χ3n) is 2.84. The average Bonchev–Trinajstić information content (AvgIpc) is 2.41. The van der Waals surface area contributed by atoms with Crippen LogP contribution in [0.2, 0.25) is 0 Å². The number of benzene rings is 2. The fourth-order valence-electron chi connectivity index (χ4n) is 1.80. The zero-order valence-corrected chi connectivity index (χ0v) is 10.6. The van der Waals surface area contributed by atoms with E-state index in [0.29, 0.717) is 5.56 Å². The Morgan fingerprint density at radius 2 is 1.85 bits per heavy atom. The van der Waals surface area contributed by atoms with Gasteiger partial charge in [-0.2, -0.15) is 0 Å². The summed E-state index contributed by atoms with van der Waals surface area (Å²) in [7, 11) is 0. The Balaban J connectivity index is 2.15. The topological polar surface area (TPSA) is 87.0 Å². The van der Waals surface area contributed by atoms with Crippen LogP contribution in [0.5, 0.6) is 17.2 Å². The van der Waals surface area contributed by atoms with Crippen molar-refractivity contribution < 1.29 is 24.9 Å². The first kappa shape index (κ1) is 13.7. The molecule has 1 unspecified atom stereocenters. The lowest BCUT2D eigenvalue weighted by Gasteiger charge is -2.15. The molecule has 104 valence electrons. The highest BCUT2D eigenvalue weighted by Crippen LogP contribution is 2.27. The lowest BCUT2D eigenvalue weighted by molar-refractivity contribution is -0.139. The van der Waals surface area contributed by atoms with Crippen molar-refractivity contribution in [3.8, 4) is 17.2 Å². The molecule has 0 fully saturated rings. The molecule has 3 N–H and O–H groups in total. The summed E-state index contributed by atoms with van der Waals surface area (Å²) in [6.07, 6.45) is 0. The second-order valence-corrected chi connectivity index (χ2v) is 4.26. The maximum Gasteiger partial charge on any atom is 0.314 e. The van der Waals surface area contributed by atoms with Crippen LogP contribution >= 0.6 is 0 Å². The van der Waals surface area contributed by atoms with Gasteiger partial charge in [-0.15, -0.1) is 0 Å². The number of carboxylic acids is 1. The monoisotopic (exact) mass is 274 g/mol. The van der Waals surface area contributed by atoms with Crippen molar-refractivity contribution in [3.05, 3.63) is 54.1 Å². The molecule has 0 aliphatic heterocycles. The lowest BCUT2D eigenvalue weighted by atomic mass is 10.00. The summed E-state index contributed by atoms with van der Waals surface area (Å²) < 4.78 is 5.34. The number of carboxylic acid groups (broad SMARTS) is 1.